The SMILES string of the molecule is c1ccc(-c2ccc(-c3cccc(-c4nc(-n5c6ccccc6c6ccc(-c7ccc8sc9ccccc9c8c7)cc65)nc5ccccc45)c3)cc2)cc1. The molecule has 0 aliphatic carbocycles. The zero-order valence-corrected chi connectivity index (χ0v) is 30.0. The van der Waals surface area contributed by atoms with Crippen LogP contribution in [-0.4, -0.2) is 14.5 Å². The van der Waals surface area contributed by atoms with Gasteiger partial charge in [0.1, 0.15) is 0 Å². The fourth-order valence-corrected chi connectivity index (χ4v) is 9.07. The quantitative estimate of drug-likeness (QED) is 0.178. The van der Waals surface area contributed by atoms with E-state index < -0.39 is 0 Å². The topological polar surface area (TPSA) is 30.7 Å². The minimum atomic E-state index is 0.656. The normalized spacial score (nSPS) is 11.7. The molecule has 0 atom stereocenters. The summed E-state index contributed by atoms with van der Waals surface area (Å²) in [6.45, 7) is 0. The lowest BCUT2D eigenvalue weighted by Gasteiger charge is -2.13. The van der Waals surface area contributed by atoms with E-state index in [1.807, 2.05) is 11.3 Å². The number of fused-ring (bicyclic) bond motifs is 7. The maximum Gasteiger partial charge on any atom is 0.235 e. The molecule has 3 aromatic heterocycles. The molecule has 0 spiro atoms. The summed E-state index contributed by atoms with van der Waals surface area (Å²) in [5, 5.41) is 5.98. The van der Waals surface area contributed by atoms with E-state index in [2.05, 4.69) is 193 Å². The van der Waals surface area contributed by atoms with Crippen LogP contribution in [0.2, 0.25) is 0 Å². The van der Waals surface area contributed by atoms with Crippen LogP contribution in [0.1, 0.15) is 0 Å². The van der Waals surface area contributed by atoms with Gasteiger partial charge in [-0.2, -0.15) is 0 Å². The predicted molar refractivity (Wildman–Crippen MR) is 229 cm³/mol. The molecule has 0 aliphatic rings. The molecule has 3 nitrogen and oxygen atoms in total. The lowest BCUT2D eigenvalue weighted by Crippen LogP contribution is -2.03. The molecule has 0 unspecified atom stereocenters. The molecule has 0 N–H and O–H groups in total. The van der Waals surface area contributed by atoms with E-state index in [4.69, 9.17) is 9.97 Å². The Morgan fingerprint density at radius 2 is 0.907 bits per heavy atom. The number of hydrogen-bond acceptors (Lipinski definition) is 3. The first-order valence-electron chi connectivity index (χ1n) is 18.2. The zero-order chi connectivity index (χ0) is 35.6. The third-order valence-corrected chi connectivity index (χ3v) is 11.8. The summed E-state index contributed by atoms with van der Waals surface area (Å²) >= 11 is 1.85. The Kier molecular flexibility index (Phi) is 7.04. The monoisotopic (exact) mass is 705 g/mol. The van der Waals surface area contributed by atoms with E-state index in [0.717, 1.165) is 44.3 Å². The molecule has 0 saturated carbocycles. The average Bonchev–Trinajstić information content (AvgIpc) is 3.79. The van der Waals surface area contributed by atoms with Crippen LogP contribution >= 0.6 is 11.3 Å². The van der Waals surface area contributed by atoms with Crippen LogP contribution < -0.4 is 0 Å². The molecular weight excluding hydrogens is 675 g/mol. The largest absolute Gasteiger partial charge is 0.278 e. The molecule has 11 rings (SSSR count). The first kappa shape index (κ1) is 30.7. The molecule has 0 fully saturated rings. The van der Waals surface area contributed by atoms with E-state index in [1.54, 1.807) is 0 Å². The van der Waals surface area contributed by atoms with Crippen molar-refractivity contribution in [3.8, 4) is 50.6 Å². The van der Waals surface area contributed by atoms with Crippen molar-refractivity contribution in [2.45, 2.75) is 0 Å². The third kappa shape index (κ3) is 5.03. The van der Waals surface area contributed by atoms with Crippen LogP contribution in [0.25, 0.3) is 103 Å². The van der Waals surface area contributed by atoms with Gasteiger partial charge in [-0.05, 0) is 75.8 Å². The number of aromatic nitrogens is 3. The van der Waals surface area contributed by atoms with E-state index in [1.165, 1.54) is 53.2 Å². The van der Waals surface area contributed by atoms with Gasteiger partial charge in [0.05, 0.1) is 22.2 Å². The van der Waals surface area contributed by atoms with Gasteiger partial charge in [0, 0.05) is 41.9 Å². The van der Waals surface area contributed by atoms with Crippen molar-refractivity contribution in [2.24, 2.45) is 0 Å². The fourth-order valence-electron chi connectivity index (χ4n) is 7.99. The van der Waals surface area contributed by atoms with Crippen molar-refractivity contribution in [1.82, 2.24) is 14.5 Å². The first-order chi connectivity index (χ1) is 26.7. The maximum atomic E-state index is 5.43. The third-order valence-electron chi connectivity index (χ3n) is 10.6. The van der Waals surface area contributed by atoms with Crippen molar-refractivity contribution in [3.63, 3.8) is 0 Å². The second-order valence-corrected chi connectivity index (χ2v) is 14.9. The summed E-state index contributed by atoms with van der Waals surface area (Å²) in [6.07, 6.45) is 0. The summed E-state index contributed by atoms with van der Waals surface area (Å²) in [4.78, 5) is 10.7. The smallest absolute Gasteiger partial charge is 0.235 e. The van der Waals surface area contributed by atoms with Gasteiger partial charge in [-0.15, -0.1) is 11.3 Å². The predicted octanol–water partition coefficient (Wildman–Crippen LogP) is 13.8. The number of thiophene rings is 1. The Hall–Kier alpha value is -6.88. The highest BCUT2D eigenvalue weighted by molar-refractivity contribution is 7.25. The molecule has 54 heavy (non-hydrogen) atoms. The number of para-hydroxylation sites is 2. The van der Waals surface area contributed by atoms with Crippen molar-refractivity contribution in [3.05, 3.63) is 188 Å². The second-order valence-electron chi connectivity index (χ2n) is 13.8. The second kappa shape index (κ2) is 12.4. The van der Waals surface area contributed by atoms with Gasteiger partial charge < -0.3 is 0 Å². The minimum Gasteiger partial charge on any atom is -0.278 e. The molecule has 3 heterocycles. The summed E-state index contributed by atoms with van der Waals surface area (Å²) < 4.78 is 4.87. The number of rotatable bonds is 5. The Morgan fingerprint density at radius 3 is 1.78 bits per heavy atom. The first-order valence-corrected chi connectivity index (χ1v) is 19.1. The summed E-state index contributed by atoms with van der Waals surface area (Å²) in [6, 6.07) is 67.3. The molecule has 0 amide bonds. The number of hydrogen-bond donors (Lipinski definition) is 0. The molecule has 11 aromatic rings. The Morgan fingerprint density at radius 1 is 0.333 bits per heavy atom. The molecule has 0 aliphatic heterocycles. The van der Waals surface area contributed by atoms with E-state index in [0.29, 0.717) is 5.95 Å². The Bertz CT molecular complexity index is 3210. The standard InChI is InChI=1S/C50H31N3S/c1-2-11-32(12-3-1)33-21-23-34(24-22-33)35-13-10-14-38(29-35)49-42-17-4-7-18-44(42)51-50(52-49)53-45-19-8-5-15-39(45)40-27-25-37(31-46(40)53)36-26-28-48-43(30-36)41-16-6-9-20-47(41)54-48/h1-31H. The van der Waals surface area contributed by atoms with Crippen molar-refractivity contribution < 1.29 is 0 Å². The van der Waals surface area contributed by atoms with E-state index in [9.17, 15) is 0 Å². The van der Waals surface area contributed by atoms with Crippen LogP contribution in [0, 0.1) is 0 Å². The summed E-state index contributed by atoms with van der Waals surface area (Å²) in [5.74, 6) is 0.656. The zero-order valence-electron chi connectivity index (χ0n) is 29.1. The van der Waals surface area contributed by atoms with Gasteiger partial charge >= 0.3 is 0 Å². The molecule has 0 radical (unpaired) electrons. The van der Waals surface area contributed by atoms with Gasteiger partial charge in [-0.1, -0.05) is 146 Å². The molecule has 0 saturated heterocycles. The highest BCUT2D eigenvalue weighted by Crippen LogP contribution is 2.39. The summed E-state index contributed by atoms with van der Waals surface area (Å²) in [7, 11) is 0. The van der Waals surface area contributed by atoms with Crippen LogP contribution in [0.4, 0.5) is 0 Å². The lowest BCUT2D eigenvalue weighted by molar-refractivity contribution is 1.01. The van der Waals surface area contributed by atoms with Crippen LogP contribution in [0.5, 0.6) is 0 Å². The van der Waals surface area contributed by atoms with Gasteiger partial charge in [-0.25, -0.2) is 9.97 Å². The van der Waals surface area contributed by atoms with Crippen molar-refractivity contribution >= 4 is 64.2 Å². The van der Waals surface area contributed by atoms with Crippen LogP contribution in [0.3, 0.4) is 0 Å². The van der Waals surface area contributed by atoms with Crippen molar-refractivity contribution in [2.75, 3.05) is 0 Å². The van der Waals surface area contributed by atoms with E-state index >= 15 is 0 Å². The van der Waals surface area contributed by atoms with Gasteiger partial charge in [0.2, 0.25) is 5.95 Å². The molecular formula is C50H31N3S. The molecule has 8 aromatic carbocycles. The van der Waals surface area contributed by atoms with Gasteiger partial charge in [0.25, 0.3) is 0 Å². The molecule has 252 valence electrons. The number of nitrogens with zero attached hydrogens (tertiary/aromatic N) is 3. The Balaban J connectivity index is 1.07. The fraction of sp³-hybridized carbons (Fsp3) is 0. The van der Waals surface area contributed by atoms with Crippen LogP contribution in [0.15, 0.2) is 188 Å². The summed E-state index contributed by atoms with van der Waals surface area (Å²) in [5.41, 5.74) is 12.1. The van der Waals surface area contributed by atoms with Crippen molar-refractivity contribution in [1.29, 1.82) is 0 Å². The lowest BCUT2D eigenvalue weighted by atomic mass is 9.97. The maximum absolute atomic E-state index is 5.43. The van der Waals surface area contributed by atoms with Gasteiger partial charge in [0.15, 0.2) is 0 Å². The molecule has 4 heteroatoms. The molecule has 0 bridgehead atoms. The minimum absolute atomic E-state index is 0.656. The van der Waals surface area contributed by atoms with Gasteiger partial charge in [-0.3, -0.25) is 4.57 Å². The van der Waals surface area contributed by atoms with E-state index in [-0.39, 0.29) is 0 Å². The Labute approximate surface area is 316 Å². The van der Waals surface area contributed by atoms with Crippen LogP contribution in [-0.2, 0) is 0 Å². The highest BCUT2D eigenvalue weighted by atomic mass is 32.1. The highest BCUT2D eigenvalue weighted by Gasteiger charge is 2.18. The number of benzene rings is 8. The average molecular weight is 706 g/mol.